The van der Waals surface area contributed by atoms with Gasteiger partial charge in [0.1, 0.15) is 6.10 Å². The number of rotatable bonds is 3. The molecule has 3 aromatic rings. The van der Waals surface area contributed by atoms with Gasteiger partial charge in [-0.2, -0.15) is 0 Å². The number of nitrogens with one attached hydrogen (secondary N) is 1. The van der Waals surface area contributed by atoms with Gasteiger partial charge in [-0.25, -0.2) is 4.68 Å². The van der Waals surface area contributed by atoms with Crippen molar-refractivity contribution in [1.82, 2.24) is 15.1 Å². The summed E-state index contributed by atoms with van der Waals surface area (Å²) in [5, 5.41) is 9.25. The van der Waals surface area contributed by atoms with Gasteiger partial charge < -0.3 is 10.1 Å². The molecule has 1 saturated heterocycles. The summed E-state index contributed by atoms with van der Waals surface area (Å²) in [5.41, 5.74) is 3.40. The standard InChI is InChI=1S/C19H21N3O.ClH/c1-14-6-5-9-17-18(14)22(15-7-3-2-4-8-15)21-19(17)23-16-10-12-20-13-11-16;/h2-9,16,20H,10-13H2,1H3;1H. The first-order valence-corrected chi connectivity index (χ1v) is 8.24. The van der Waals surface area contributed by atoms with E-state index in [1.165, 1.54) is 5.56 Å². The SMILES string of the molecule is Cc1cccc2c(OC3CCNCC3)nn(-c3ccccc3)c12.Cl. The van der Waals surface area contributed by atoms with Gasteiger partial charge in [0, 0.05) is 0 Å². The Kier molecular flexibility index (Phi) is 5.07. The number of nitrogens with zero attached hydrogens (tertiary/aromatic N) is 2. The van der Waals surface area contributed by atoms with E-state index in [9.17, 15) is 0 Å². The minimum atomic E-state index is 0. The topological polar surface area (TPSA) is 39.1 Å². The van der Waals surface area contributed by atoms with E-state index in [0.717, 1.165) is 48.4 Å². The predicted octanol–water partition coefficient (Wildman–Crippen LogP) is 3.89. The minimum absolute atomic E-state index is 0. The number of benzene rings is 2. The third-order valence-corrected chi connectivity index (χ3v) is 4.44. The van der Waals surface area contributed by atoms with Gasteiger partial charge >= 0.3 is 0 Å². The number of para-hydroxylation sites is 2. The number of ether oxygens (including phenoxy) is 1. The molecule has 0 amide bonds. The summed E-state index contributed by atoms with van der Waals surface area (Å²) in [6.07, 6.45) is 2.32. The van der Waals surface area contributed by atoms with Crippen molar-refractivity contribution in [2.75, 3.05) is 13.1 Å². The van der Waals surface area contributed by atoms with E-state index >= 15 is 0 Å². The average molecular weight is 344 g/mol. The summed E-state index contributed by atoms with van der Waals surface area (Å²) in [4.78, 5) is 0. The Bertz CT molecular complexity index is 810. The van der Waals surface area contributed by atoms with Crippen molar-refractivity contribution in [3.63, 3.8) is 0 Å². The van der Waals surface area contributed by atoms with E-state index < -0.39 is 0 Å². The molecule has 24 heavy (non-hydrogen) atoms. The lowest BCUT2D eigenvalue weighted by molar-refractivity contribution is 0.157. The highest BCUT2D eigenvalue weighted by Gasteiger charge is 2.20. The van der Waals surface area contributed by atoms with E-state index in [4.69, 9.17) is 9.84 Å². The molecule has 0 atom stereocenters. The first-order chi connectivity index (χ1) is 11.3. The fraction of sp³-hybridized carbons (Fsp3) is 0.316. The van der Waals surface area contributed by atoms with Gasteiger partial charge in [-0.15, -0.1) is 17.5 Å². The summed E-state index contributed by atoms with van der Waals surface area (Å²) in [6.45, 7) is 4.15. The van der Waals surface area contributed by atoms with Crippen LogP contribution in [-0.2, 0) is 0 Å². The molecule has 5 heteroatoms. The van der Waals surface area contributed by atoms with Crippen molar-refractivity contribution < 1.29 is 4.74 Å². The van der Waals surface area contributed by atoms with Crippen LogP contribution in [0.1, 0.15) is 18.4 Å². The van der Waals surface area contributed by atoms with Crippen LogP contribution in [0.5, 0.6) is 5.88 Å². The van der Waals surface area contributed by atoms with Crippen molar-refractivity contribution in [3.05, 3.63) is 54.1 Å². The monoisotopic (exact) mass is 343 g/mol. The molecule has 1 fully saturated rings. The van der Waals surface area contributed by atoms with Crippen LogP contribution in [0, 0.1) is 6.92 Å². The molecular formula is C19H22ClN3O. The molecule has 1 aliphatic rings. The highest BCUT2D eigenvalue weighted by molar-refractivity contribution is 5.88. The average Bonchev–Trinajstić information content (AvgIpc) is 2.97. The van der Waals surface area contributed by atoms with E-state index in [1.54, 1.807) is 0 Å². The summed E-state index contributed by atoms with van der Waals surface area (Å²) in [6, 6.07) is 16.5. The van der Waals surface area contributed by atoms with Crippen LogP contribution in [0.4, 0.5) is 0 Å². The van der Waals surface area contributed by atoms with Crippen LogP contribution >= 0.6 is 12.4 Å². The molecule has 0 spiro atoms. The molecule has 0 bridgehead atoms. The van der Waals surface area contributed by atoms with Crippen molar-refractivity contribution in [3.8, 4) is 11.6 Å². The molecule has 2 heterocycles. The fourth-order valence-electron chi connectivity index (χ4n) is 3.22. The molecular weight excluding hydrogens is 322 g/mol. The lowest BCUT2D eigenvalue weighted by Crippen LogP contribution is -2.34. The summed E-state index contributed by atoms with van der Waals surface area (Å²) in [5.74, 6) is 0.749. The zero-order chi connectivity index (χ0) is 15.6. The van der Waals surface area contributed by atoms with E-state index in [1.807, 2.05) is 22.9 Å². The molecule has 0 unspecified atom stereocenters. The van der Waals surface area contributed by atoms with Gasteiger partial charge in [0.2, 0.25) is 5.88 Å². The van der Waals surface area contributed by atoms with Gasteiger partial charge in [0.25, 0.3) is 0 Å². The van der Waals surface area contributed by atoms with E-state index in [-0.39, 0.29) is 18.5 Å². The predicted molar refractivity (Wildman–Crippen MR) is 99.6 cm³/mol. The van der Waals surface area contributed by atoms with Crippen LogP contribution in [0.2, 0.25) is 0 Å². The molecule has 1 aliphatic heterocycles. The number of aromatic nitrogens is 2. The molecule has 0 aliphatic carbocycles. The zero-order valence-corrected chi connectivity index (χ0v) is 14.6. The Morgan fingerprint density at radius 3 is 2.54 bits per heavy atom. The maximum absolute atomic E-state index is 6.25. The molecule has 0 saturated carbocycles. The Labute approximate surface area is 148 Å². The Hall–Kier alpha value is -2.04. The number of aryl methyl sites for hydroxylation is 1. The highest BCUT2D eigenvalue weighted by Crippen LogP contribution is 2.31. The van der Waals surface area contributed by atoms with Crippen LogP contribution in [0.25, 0.3) is 16.6 Å². The molecule has 4 nitrogen and oxygen atoms in total. The molecule has 1 N–H and O–H groups in total. The molecule has 126 valence electrons. The molecule has 1 aromatic heterocycles. The maximum atomic E-state index is 6.25. The number of hydrogen-bond acceptors (Lipinski definition) is 3. The quantitative estimate of drug-likeness (QED) is 0.784. The van der Waals surface area contributed by atoms with Crippen LogP contribution < -0.4 is 10.1 Å². The van der Waals surface area contributed by atoms with Gasteiger partial charge in [-0.05, 0) is 56.6 Å². The molecule has 2 aromatic carbocycles. The van der Waals surface area contributed by atoms with Crippen LogP contribution in [0.3, 0.4) is 0 Å². The summed E-state index contributed by atoms with van der Waals surface area (Å²) < 4.78 is 8.25. The number of piperidine rings is 1. The van der Waals surface area contributed by atoms with Crippen LogP contribution in [0.15, 0.2) is 48.5 Å². The van der Waals surface area contributed by atoms with Crippen LogP contribution in [-0.4, -0.2) is 29.0 Å². The van der Waals surface area contributed by atoms with Gasteiger partial charge in [0.15, 0.2) is 0 Å². The van der Waals surface area contributed by atoms with E-state index in [2.05, 4.69) is 42.6 Å². The van der Waals surface area contributed by atoms with Crippen molar-refractivity contribution in [2.45, 2.75) is 25.9 Å². The number of hydrogen-bond donors (Lipinski definition) is 1. The lowest BCUT2D eigenvalue weighted by Gasteiger charge is -2.22. The van der Waals surface area contributed by atoms with Crippen molar-refractivity contribution in [1.29, 1.82) is 0 Å². The Morgan fingerprint density at radius 2 is 1.79 bits per heavy atom. The third-order valence-electron chi connectivity index (χ3n) is 4.44. The normalized spacial score (nSPS) is 15.2. The minimum Gasteiger partial charge on any atom is -0.473 e. The largest absolute Gasteiger partial charge is 0.473 e. The summed E-state index contributed by atoms with van der Waals surface area (Å²) in [7, 11) is 0. The van der Waals surface area contributed by atoms with Gasteiger partial charge in [0.05, 0.1) is 16.6 Å². The smallest absolute Gasteiger partial charge is 0.241 e. The van der Waals surface area contributed by atoms with Gasteiger partial charge in [-0.1, -0.05) is 30.3 Å². The first-order valence-electron chi connectivity index (χ1n) is 8.24. The second-order valence-electron chi connectivity index (χ2n) is 6.09. The second-order valence-corrected chi connectivity index (χ2v) is 6.09. The first kappa shape index (κ1) is 16.8. The highest BCUT2D eigenvalue weighted by atomic mass is 35.5. The third kappa shape index (κ3) is 3.12. The van der Waals surface area contributed by atoms with Gasteiger partial charge in [-0.3, -0.25) is 0 Å². The maximum Gasteiger partial charge on any atom is 0.241 e. The molecule has 4 rings (SSSR count). The zero-order valence-electron chi connectivity index (χ0n) is 13.7. The number of halogens is 1. The lowest BCUT2D eigenvalue weighted by atomic mass is 10.1. The summed E-state index contributed by atoms with van der Waals surface area (Å²) >= 11 is 0. The van der Waals surface area contributed by atoms with Crippen molar-refractivity contribution in [2.24, 2.45) is 0 Å². The Morgan fingerprint density at radius 1 is 1.04 bits per heavy atom. The fourth-order valence-corrected chi connectivity index (χ4v) is 3.22. The van der Waals surface area contributed by atoms with Crippen molar-refractivity contribution >= 4 is 23.3 Å². The second kappa shape index (κ2) is 7.24. The van der Waals surface area contributed by atoms with E-state index in [0.29, 0.717) is 0 Å². The number of fused-ring (bicyclic) bond motifs is 1. The molecule has 0 radical (unpaired) electrons. The Balaban J connectivity index is 0.00000169.